The monoisotopic (exact) mass is 297 g/mol. The fourth-order valence-electron chi connectivity index (χ4n) is 2.23. The van der Waals surface area contributed by atoms with Gasteiger partial charge < -0.3 is 5.32 Å². The molecule has 1 rings (SSSR count). The van der Waals surface area contributed by atoms with Gasteiger partial charge in [-0.3, -0.25) is 0 Å². The Hall–Kier alpha value is -0.340. The van der Waals surface area contributed by atoms with Gasteiger partial charge in [0.15, 0.2) is 0 Å². The van der Waals surface area contributed by atoms with Crippen molar-refractivity contribution < 1.29 is 0 Å². The zero-order chi connectivity index (χ0) is 12.9. The first kappa shape index (κ1) is 14.7. The van der Waals surface area contributed by atoms with Gasteiger partial charge in [0.25, 0.3) is 0 Å². The summed E-state index contributed by atoms with van der Waals surface area (Å²) in [5, 5.41) is 3.59. The van der Waals surface area contributed by atoms with Gasteiger partial charge in [0.1, 0.15) is 0 Å². The van der Waals surface area contributed by atoms with Gasteiger partial charge in [0.2, 0.25) is 0 Å². The lowest BCUT2D eigenvalue weighted by Gasteiger charge is -2.34. The van der Waals surface area contributed by atoms with Crippen LogP contribution >= 0.6 is 15.9 Å². The molecule has 96 valence electrons. The van der Waals surface area contributed by atoms with Crippen molar-refractivity contribution in [2.45, 2.75) is 52.0 Å². The van der Waals surface area contributed by atoms with Crippen molar-refractivity contribution in [3.63, 3.8) is 0 Å². The first-order valence-electron chi connectivity index (χ1n) is 6.53. The molecule has 1 N–H and O–H groups in total. The molecule has 0 radical (unpaired) electrons. The van der Waals surface area contributed by atoms with Gasteiger partial charge in [-0.15, -0.1) is 0 Å². The maximum absolute atomic E-state index is 3.59. The predicted octanol–water partition coefficient (Wildman–Crippen LogP) is 4.50. The molecule has 17 heavy (non-hydrogen) atoms. The van der Waals surface area contributed by atoms with Gasteiger partial charge in [-0.1, -0.05) is 55.8 Å². The minimum absolute atomic E-state index is 0.258. The quantitative estimate of drug-likeness (QED) is 0.815. The van der Waals surface area contributed by atoms with E-state index in [2.05, 4.69) is 73.2 Å². The van der Waals surface area contributed by atoms with Crippen LogP contribution in [0.1, 0.15) is 46.1 Å². The third-order valence-electron chi connectivity index (χ3n) is 3.64. The van der Waals surface area contributed by atoms with E-state index in [0.29, 0.717) is 6.04 Å². The Kier molecular flexibility index (Phi) is 5.68. The van der Waals surface area contributed by atoms with Crippen LogP contribution in [0.15, 0.2) is 28.7 Å². The van der Waals surface area contributed by atoms with Crippen molar-refractivity contribution in [1.82, 2.24) is 5.32 Å². The summed E-state index contributed by atoms with van der Waals surface area (Å²) in [4.78, 5) is 0. The molecule has 0 heterocycles. The maximum atomic E-state index is 3.59. The summed E-state index contributed by atoms with van der Waals surface area (Å²) in [6, 6.07) is 9.28. The SMILES string of the molecule is CCC(CC)(CNC(C)C)c1cccc(Br)c1. The summed E-state index contributed by atoms with van der Waals surface area (Å²) < 4.78 is 1.17. The Labute approximate surface area is 114 Å². The van der Waals surface area contributed by atoms with E-state index in [0.717, 1.165) is 6.54 Å². The summed E-state index contributed by atoms with van der Waals surface area (Å²) in [6.45, 7) is 10.0. The molecular formula is C15H24BrN. The Balaban J connectivity index is 2.97. The molecule has 1 aromatic rings. The van der Waals surface area contributed by atoms with E-state index >= 15 is 0 Å². The molecule has 0 aliphatic rings. The van der Waals surface area contributed by atoms with E-state index in [9.17, 15) is 0 Å². The molecule has 0 saturated carbocycles. The molecule has 1 nitrogen and oxygen atoms in total. The first-order valence-corrected chi connectivity index (χ1v) is 7.33. The summed E-state index contributed by atoms with van der Waals surface area (Å²) >= 11 is 3.57. The van der Waals surface area contributed by atoms with Crippen LogP contribution < -0.4 is 5.32 Å². The van der Waals surface area contributed by atoms with Crippen molar-refractivity contribution >= 4 is 15.9 Å². The predicted molar refractivity (Wildman–Crippen MR) is 79.5 cm³/mol. The highest BCUT2D eigenvalue weighted by atomic mass is 79.9. The van der Waals surface area contributed by atoms with Gasteiger partial charge in [0.05, 0.1) is 0 Å². The van der Waals surface area contributed by atoms with E-state index in [-0.39, 0.29) is 5.41 Å². The molecule has 0 bridgehead atoms. The van der Waals surface area contributed by atoms with Crippen molar-refractivity contribution in [3.8, 4) is 0 Å². The fourth-order valence-corrected chi connectivity index (χ4v) is 2.63. The molecule has 0 aromatic heterocycles. The Morgan fingerprint density at radius 2 is 1.88 bits per heavy atom. The highest BCUT2D eigenvalue weighted by molar-refractivity contribution is 9.10. The lowest BCUT2D eigenvalue weighted by atomic mass is 9.75. The molecular weight excluding hydrogens is 274 g/mol. The van der Waals surface area contributed by atoms with Gasteiger partial charge in [-0.25, -0.2) is 0 Å². The summed E-state index contributed by atoms with van der Waals surface area (Å²) in [7, 11) is 0. The topological polar surface area (TPSA) is 12.0 Å². The van der Waals surface area contributed by atoms with Gasteiger partial charge >= 0.3 is 0 Å². The summed E-state index contributed by atoms with van der Waals surface area (Å²) in [5.74, 6) is 0. The standard InChI is InChI=1S/C15H24BrN/c1-5-15(6-2,11-17-12(3)4)13-8-7-9-14(16)10-13/h7-10,12,17H,5-6,11H2,1-4H3. The summed E-state index contributed by atoms with van der Waals surface area (Å²) in [5.41, 5.74) is 1.69. The Morgan fingerprint density at radius 3 is 2.35 bits per heavy atom. The van der Waals surface area contributed by atoms with Gasteiger partial charge in [0, 0.05) is 22.5 Å². The highest BCUT2D eigenvalue weighted by Gasteiger charge is 2.28. The largest absolute Gasteiger partial charge is 0.314 e. The molecule has 2 heteroatoms. The first-order chi connectivity index (χ1) is 8.04. The lowest BCUT2D eigenvalue weighted by Crippen LogP contribution is -2.40. The number of hydrogen-bond donors (Lipinski definition) is 1. The second-order valence-corrected chi connectivity index (χ2v) is 5.95. The fraction of sp³-hybridized carbons (Fsp3) is 0.600. The molecule has 0 amide bonds. The van der Waals surface area contributed by atoms with Crippen LogP contribution in [-0.4, -0.2) is 12.6 Å². The van der Waals surface area contributed by atoms with Crippen LogP contribution in [0.4, 0.5) is 0 Å². The van der Waals surface area contributed by atoms with E-state index in [1.807, 2.05) is 0 Å². The molecule has 0 unspecified atom stereocenters. The van der Waals surface area contributed by atoms with Gasteiger partial charge in [-0.05, 0) is 30.5 Å². The number of rotatable bonds is 6. The second-order valence-electron chi connectivity index (χ2n) is 5.03. The van der Waals surface area contributed by atoms with E-state index in [1.165, 1.54) is 22.9 Å². The van der Waals surface area contributed by atoms with E-state index in [4.69, 9.17) is 0 Å². The normalized spacial score (nSPS) is 12.1. The lowest BCUT2D eigenvalue weighted by molar-refractivity contribution is 0.354. The van der Waals surface area contributed by atoms with Crippen LogP contribution in [0, 0.1) is 0 Å². The third-order valence-corrected chi connectivity index (χ3v) is 4.13. The number of halogens is 1. The maximum Gasteiger partial charge on any atom is 0.0178 e. The molecule has 0 fully saturated rings. The van der Waals surface area contributed by atoms with Crippen LogP contribution in [-0.2, 0) is 5.41 Å². The van der Waals surface area contributed by atoms with Gasteiger partial charge in [-0.2, -0.15) is 0 Å². The van der Waals surface area contributed by atoms with Crippen molar-refractivity contribution in [3.05, 3.63) is 34.3 Å². The van der Waals surface area contributed by atoms with E-state index < -0.39 is 0 Å². The molecule has 0 saturated heterocycles. The third kappa shape index (κ3) is 3.82. The Bertz CT molecular complexity index is 343. The minimum Gasteiger partial charge on any atom is -0.314 e. The second kappa shape index (κ2) is 6.55. The molecule has 0 atom stereocenters. The van der Waals surface area contributed by atoms with Crippen molar-refractivity contribution in [1.29, 1.82) is 0 Å². The highest BCUT2D eigenvalue weighted by Crippen LogP contribution is 2.32. The number of nitrogens with one attached hydrogen (secondary N) is 1. The number of benzene rings is 1. The molecule has 0 aliphatic carbocycles. The molecule has 0 spiro atoms. The van der Waals surface area contributed by atoms with Crippen LogP contribution in [0.3, 0.4) is 0 Å². The minimum atomic E-state index is 0.258. The molecule has 1 aromatic carbocycles. The smallest absolute Gasteiger partial charge is 0.0178 e. The van der Waals surface area contributed by atoms with E-state index in [1.54, 1.807) is 0 Å². The van der Waals surface area contributed by atoms with Crippen LogP contribution in [0.2, 0.25) is 0 Å². The van der Waals surface area contributed by atoms with Crippen molar-refractivity contribution in [2.75, 3.05) is 6.54 Å². The average Bonchev–Trinajstić information content (AvgIpc) is 2.31. The van der Waals surface area contributed by atoms with Crippen LogP contribution in [0.25, 0.3) is 0 Å². The Morgan fingerprint density at radius 1 is 1.24 bits per heavy atom. The average molecular weight is 298 g/mol. The number of hydrogen-bond acceptors (Lipinski definition) is 1. The van der Waals surface area contributed by atoms with Crippen LogP contribution in [0.5, 0.6) is 0 Å². The summed E-state index contributed by atoms with van der Waals surface area (Å²) in [6.07, 6.45) is 2.33. The zero-order valence-corrected chi connectivity index (χ0v) is 13.0. The van der Waals surface area contributed by atoms with Crippen molar-refractivity contribution in [2.24, 2.45) is 0 Å². The molecule has 0 aliphatic heterocycles. The zero-order valence-electron chi connectivity index (χ0n) is 11.4.